The molecule has 1 aliphatic rings. The fourth-order valence-electron chi connectivity index (χ4n) is 2.58. The average Bonchev–Trinajstić information content (AvgIpc) is 2.38. The van der Waals surface area contributed by atoms with Gasteiger partial charge in [0.15, 0.2) is 0 Å². The summed E-state index contributed by atoms with van der Waals surface area (Å²) < 4.78 is 0. The molecule has 1 aromatic carbocycles. The van der Waals surface area contributed by atoms with Crippen molar-refractivity contribution in [2.24, 2.45) is 0 Å². The van der Waals surface area contributed by atoms with Crippen LogP contribution in [0.2, 0.25) is 0 Å². The predicted octanol–water partition coefficient (Wildman–Crippen LogP) is 3.07. The van der Waals surface area contributed by atoms with Gasteiger partial charge < -0.3 is 10.0 Å². The van der Waals surface area contributed by atoms with Crippen LogP contribution in [0.3, 0.4) is 0 Å². The van der Waals surface area contributed by atoms with Crippen molar-refractivity contribution >= 4 is 18.4 Å². The van der Waals surface area contributed by atoms with Crippen molar-refractivity contribution in [3.8, 4) is 0 Å². The van der Waals surface area contributed by atoms with Crippen LogP contribution in [0.5, 0.6) is 0 Å². The molecule has 0 unspecified atom stereocenters. The lowest BCUT2D eigenvalue weighted by Crippen LogP contribution is -2.34. The highest BCUT2D eigenvalue weighted by Crippen LogP contribution is 2.28. The third-order valence-electron chi connectivity index (χ3n) is 3.78. The highest BCUT2D eigenvalue weighted by molar-refractivity contribution is 5.85. The van der Waals surface area contributed by atoms with Crippen molar-refractivity contribution in [2.75, 3.05) is 19.6 Å². The van der Waals surface area contributed by atoms with Crippen molar-refractivity contribution in [2.45, 2.75) is 32.1 Å². The Balaban J connectivity index is 0.00000180. The molecule has 0 aromatic heterocycles. The Morgan fingerprint density at radius 2 is 1.84 bits per heavy atom. The maximum atomic E-state index is 10.5. The summed E-state index contributed by atoms with van der Waals surface area (Å²) in [6, 6.07) is 8.80. The normalized spacial score (nSPS) is 16.9. The van der Waals surface area contributed by atoms with Gasteiger partial charge in [0, 0.05) is 6.54 Å². The number of halogens is 1. The van der Waals surface area contributed by atoms with Crippen molar-refractivity contribution in [1.29, 1.82) is 0 Å². The Bertz CT molecular complexity index is 397. The van der Waals surface area contributed by atoms with E-state index in [0.717, 1.165) is 25.9 Å². The number of hydrogen-bond donors (Lipinski definition) is 1. The van der Waals surface area contributed by atoms with Crippen LogP contribution >= 0.6 is 12.4 Å². The van der Waals surface area contributed by atoms with E-state index in [9.17, 15) is 4.79 Å². The number of hydrogen-bond acceptors (Lipinski definition) is 2. The van der Waals surface area contributed by atoms with Gasteiger partial charge in [-0.05, 0) is 44.3 Å². The van der Waals surface area contributed by atoms with E-state index in [-0.39, 0.29) is 18.8 Å². The first-order valence-corrected chi connectivity index (χ1v) is 6.66. The molecule has 0 saturated carbocycles. The van der Waals surface area contributed by atoms with E-state index in [1.807, 2.05) is 0 Å². The van der Waals surface area contributed by atoms with Crippen LogP contribution in [0, 0.1) is 6.92 Å². The molecule has 4 heteroatoms. The highest BCUT2D eigenvalue weighted by Gasteiger charge is 2.20. The summed E-state index contributed by atoms with van der Waals surface area (Å²) >= 11 is 0. The topological polar surface area (TPSA) is 40.5 Å². The lowest BCUT2D eigenvalue weighted by molar-refractivity contribution is -0.137. The SMILES string of the molecule is Cc1ccc(C2CCN(CCC(=O)O)CC2)cc1.Cl. The van der Waals surface area contributed by atoms with Gasteiger partial charge in [-0.15, -0.1) is 12.4 Å². The largest absolute Gasteiger partial charge is 0.481 e. The number of aryl methyl sites for hydroxylation is 1. The second-order valence-corrected chi connectivity index (χ2v) is 5.17. The molecule has 2 rings (SSSR count). The zero-order valence-corrected chi connectivity index (χ0v) is 12.2. The third-order valence-corrected chi connectivity index (χ3v) is 3.78. The average molecular weight is 284 g/mol. The molecule has 1 aromatic rings. The molecule has 1 N–H and O–H groups in total. The van der Waals surface area contributed by atoms with Crippen LogP contribution < -0.4 is 0 Å². The Morgan fingerprint density at radius 3 is 2.37 bits per heavy atom. The molecule has 19 heavy (non-hydrogen) atoms. The van der Waals surface area contributed by atoms with Crippen molar-refractivity contribution in [3.63, 3.8) is 0 Å². The number of likely N-dealkylation sites (tertiary alicyclic amines) is 1. The van der Waals surface area contributed by atoms with E-state index >= 15 is 0 Å². The maximum Gasteiger partial charge on any atom is 0.304 e. The Hall–Kier alpha value is -1.06. The number of rotatable bonds is 4. The van der Waals surface area contributed by atoms with Crippen LogP contribution in [0.4, 0.5) is 0 Å². The van der Waals surface area contributed by atoms with Gasteiger partial charge in [0.05, 0.1) is 6.42 Å². The predicted molar refractivity (Wildman–Crippen MR) is 79.1 cm³/mol. The van der Waals surface area contributed by atoms with Crippen LogP contribution in [-0.4, -0.2) is 35.6 Å². The minimum Gasteiger partial charge on any atom is -0.481 e. The molecule has 106 valence electrons. The van der Waals surface area contributed by atoms with Gasteiger partial charge in [0.2, 0.25) is 0 Å². The molecule has 1 aliphatic heterocycles. The highest BCUT2D eigenvalue weighted by atomic mass is 35.5. The zero-order valence-electron chi connectivity index (χ0n) is 11.3. The quantitative estimate of drug-likeness (QED) is 0.923. The van der Waals surface area contributed by atoms with Crippen molar-refractivity contribution < 1.29 is 9.90 Å². The van der Waals surface area contributed by atoms with Crippen LogP contribution in [0.15, 0.2) is 24.3 Å². The number of piperidine rings is 1. The van der Waals surface area contributed by atoms with Crippen LogP contribution in [0.1, 0.15) is 36.3 Å². The zero-order chi connectivity index (χ0) is 13.0. The summed E-state index contributed by atoms with van der Waals surface area (Å²) in [4.78, 5) is 12.8. The smallest absolute Gasteiger partial charge is 0.304 e. The van der Waals surface area contributed by atoms with Gasteiger partial charge in [-0.1, -0.05) is 29.8 Å². The van der Waals surface area contributed by atoms with Crippen LogP contribution in [-0.2, 0) is 4.79 Å². The first-order valence-electron chi connectivity index (χ1n) is 6.66. The molecule has 0 radical (unpaired) electrons. The first kappa shape index (κ1) is 16.0. The van der Waals surface area contributed by atoms with E-state index in [0.29, 0.717) is 12.5 Å². The lowest BCUT2D eigenvalue weighted by Gasteiger charge is -2.31. The molecular formula is C15H22ClNO2. The number of carbonyl (C=O) groups is 1. The standard InChI is InChI=1S/C15H21NO2.ClH/c1-12-2-4-13(5-3-12)14-6-9-16(10-7-14)11-8-15(17)18;/h2-5,14H,6-11H2,1H3,(H,17,18);1H. The number of aliphatic carboxylic acids is 1. The monoisotopic (exact) mass is 283 g/mol. The molecule has 1 heterocycles. The minimum absolute atomic E-state index is 0. The van der Waals surface area contributed by atoms with Gasteiger partial charge in [-0.3, -0.25) is 4.79 Å². The van der Waals surface area contributed by atoms with Crippen molar-refractivity contribution in [1.82, 2.24) is 4.90 Å². The molecule has 1 fully saturated rings. The van der Waals surface area contributed by atoms with E-state index in [4.69, 9.17) is 5.11 Å². The van der Waals surface area contributed by atoms with Gasteiger partial charge in [-0.25, -0.2) is 0 Å². The molecule has 0 aliphatic carbocycles. The Kier molecular flexibility index (Phi) is 6.32. The molecular weight excluding hydrogens is 262 g/mol. The third kappa shape index (κ3) is 4.84. The summed E-state index contributed by atoms with van der Waals surface area (Å²) in [6.07, 6.45) is 2.54. The minimum atomic E-state index is -0.698. The van der Waals surface area contributed by atoms with Gasteiger partial charge in [0.1, 0.15) is 0 Å². The Morgan fingerprint density at radius 1 is 1.26 bits per heavy atom. The van der Waals surface area contributed by atoms with Crippen LogP contribution in [0.25, 0.3) is 0 Å². The number of nitrogens with zero attached hydrogens (tertiary/aromatic N) is 1. The molecule has 1 saturated heterocycles. The fourth-order valence-corrected chi connectivity index (χ4v) is 2.58. The number of carboxylic acid groups (broad SMARTS) is 1. The fraction of sp³-hybridized carbons (Fsp3) is 0.533. The molecule has 3 nitrogen and oxygen atoms in total. The number of carboxylic acids is 1. The van der Waals surface area contributed by atoms with Gasteiger partial charge in [-0.2, -0.15) is 0 Å². The summed E-state index contributed by atoms with van der Waals surface area (Å²) in [7, 11) is 0. The lowest BCUT2D eigenvalue weighted by atomic mass is 9.89. The maximum absolute atomic E-state index is 10.5. The second kappa shape index (κ2) is 7.51. The molecule has 0 amide bonds. The van der Waals surface area contributed by atoms with Crippen molar-refractivity contribution in [3.05, 3.63) is 35.4 Å². The molecule has 0 atom stereocenters. The molecule has 0 spiro atoms. The summed E-state index contributed by atoms with van der Waals surface area (Å²) in [5, 5.41) is 8.67. The van der Waals surface area contributed by atoms with Gasteiger partial charge >= 0.3 is 5.97 Å². The van der Waals surface area contributed by atoms with E-state index in [1.54, 1.807) is 0 Å². The van der Waals surface area contributed by atoms with E-state index in [2.05, 4.69) is 36.1 Å². The second-order valence-electron chi connectivity index (χ2n) is 5.17. The summed E-state index contributed by atoms with van der Waals surface area (Å²) in [6.45, 7) is 4.84. The molecule has 0 bridgehead atoms. The summed E-state index contributed by atoms with van der Waals surface area (Å²) in [5.41, 5.74) is 2.73. The Labute approximate surface area is 121 Å². The van der Waals surface area contributed by atoms with Gasteiger partial charge in [0.25, 0.3) is 0 Å². The first-order chi connectivity index (χ1) is 8.65. The van der Waals surface area contributed by atoms with E-state index < -0.39 is 5.97 Å². The van der Waals surface area contributed by atoms with E-state index in [1.165, 1.54) is 11.1 Å². The summed E-state index contributed by atoms with van der Waals surface area (Å²) in [5.74, 6) is -0.0534. The number of benzene rings is 1.